The Labute approximate surface area is 172 Å². The molecular weight excluding hydrogens is 372 g/mol. The summed E-state index contributed by atoms with van der Waals surface area (Å²) < 4.78 is 5.60. The van der Waals surface area contributed by atoms with E-state index >= 15 is 0 Å². The molecule has 0 bridgehead atoms. The number of benzene rings is 2. The van der Waals surface area contributed by atoms with Gasteiger partial charge >= 0.3 is 0 Å². The number of thiol groups is 1. The van der Waals surface area contributed by atoms with Crippen LogP contribution in [0.2, 0.25) is 0 Å². The molecule has 2 aromatic rings. The Morgan fingerprint density at radius 3 is 1.64 bits per heavy atom. The summed E-state index contributed by atoms with van der Waals surface area (Å²) in [5.74, 6) is -0.392. The van der Waals surface area contributed by atoms with Crippen LogP contribution in [-0.4, -0.2) is 33.3 Å². The molecule has 1 atom stereocenters. The zero-order valence-electron chi connectivity index (χ0n) is 17.0. The third-order valence-electron chi connectivity index (χ3n) is 4.41. The van der Waals surface area contributed by atoms with Crippen LogP contribution in [0, 0.1) is 0 Å². The van der Waals surface area contributed by atoms with Gasteiger partial charge in [0, 0.05) is 11.1 Å². The van der Waals surface area contributed by atoms with E-state index in [0.29, 0.717) is 17.5 Å². The quantitative estimate of drug-likeness (QED) is 0.389. The van der Waals surface area contributed by atoms with Gasteiger partial charge in [-0.2, -0.15) is 0 Å². The minimum Gasteiger partial charge on any atom is -0.382 e. The van der Waals surface area contributed by atoms with E-state index in [4.69, 9.17) is 4.74 Å². The second-order valence-corrected chi connectivity index (χ2v) is 8.74. The van der Waals surface area contributed by atoms with E-state index in [2.05, 4.69) is 12.6 Å². The predicted octanol–water partition coefficient (Wildman–Crippen LogP) is 4.48. The zero-order chi connectivity index (χ0) is 21.1. The molecule has 1 N–H and O–H groups in total. The number of rotatable bonds is 8. The van der Waals surface area contributed by atoms with Gasteiger partial charge in [0.15, 0.2) is 11.6 Å². The SMILES string of the molecule is CC(S)OC(C)(C)C(=O)c1ccc(Cc2ccc(C(=O)C(C)(C)O)cc2)cc1. The van der Waals surface area contributed by atoms with Gasteiger partial charge in [0.1, 0.15) is 11.2 Å². The fourth-order valence-corrected chi connectivity index (χ4v) is 3.23. The molecule has 28 heavy (non-hydrogen) atoms. The number of carbonyl (C=O) groups is 2. The summed E-state index contributed by atoms with van der Waals surface area (Å²) in [4.78, 5) is 24.7. The number of hydrogen-bond acceptors (Lipinski definition) is 5. The summed E-state index contributed by atoms with van der Waals surface area (Å²) in [5.41, 5.74) is 0.520. The van der Waals surface area contributed by atoms with E-state index in [-0.39, 0.29) is 17.0 Å². The van der Waals surface area contributed by atoms with Gasteiger partial charge in [0.25, 0.3) is 0 Å². The molecule has 0 aliphatic heterocycles. The highest BCUT2D eigenvalue weighted by Crippen LogP contribution is 2.21. The number of aliphatic hydroxyl groups is 1. The van der Waals surface area contributed by atoms with Gasteiger partial charge in [-0.15, -0.1) is 12.6 Å². The monoisotopic (exact) mass is 400 g/mol. The first-order valence-electron chi connectivity index (χ1n) is 9.26. The van der Waals surface area contributed by atoms with Crippen LogP contribution >= 0.6 is 12.6 Å². The first-order chi connectivity index (χ1) is 12.9. The van der Waals surface area contributed by atoms with E-state index in [0.717, 1.165) is 11.1 Å². The molecule has 1 unspecified atom stereocenters. The summed E-state index contributed by atoms with van der Waals surface area (Å²) in [7, 11) is 0. The van der Waals surface area contributed by atoms with Crippen molar-refractivity contribution in [2.24, 2.45) is 0 Å². The highest BCUT2D eigenvalue weighted by molar-refractivity contribution is 7.80. The Morgan fingerprint density at radius 2 is 1.29 bits per heavy atom. The molecule has 0 saturated heterocycles. The topological polar surface area (TPSA) is 63.6 Å². The lowest BCUT2D eigenvalue weighted by Gasteiger charge is -2.25. The zero-order valence-corrected chi connectivity index (χ0v) is 17.9. The lowest BCUT2D eigenvalue weighted by atomic mass is 9.93. The van der Waals surface area contributed by atoms with Gasteiger partial charge in [-0.1, -0.05) is 48.5 Å². The second kappa shape index (κ2) is 8.60. The van der Waals surface area contributed by atoms with Crippen LogP contribution in [0.3, 0.4) is 0 Å². The summed E-state index contributed by atoms with van der Waals surface area (Å²) in [6.07, 6.45) is 0.680. The lowest BCUT2D eigenvalue weighted by Crippen LogP contribution is -2.36. The molecule has 0 amide bonds. The number of hydrogen-bond donors (Lipinski definition) is 2. The molecule has 0 fully saturated rings. The number of ether oxygens (including phenoxy) is 1. The van der Waals surface area contributed by atoms with Gasteiger partial charge < -0.3 is 9.84 Å². The maximum atomic E-state index is 12.6. The molecule has 0 aromatic heterocycles. The Kier molecular flexibility index (Phi) is 6.86. The van der Waals surface area contributed by atoms with Crippen molar-refractivity contribution in [2.75, 3.05) is 0 Å². The highest BCUT2D eigenvalue weighted by Gasteiger charge is 2.30. The molecule has 4 nitrogen and oxygen atoms in total. The maximum Gasteiger partial charge on any atom is 0.194 e. The van der Waals surface area contributed by atoms with Gasteiger partial charge in [0.05, 0.1) is 5.44 Å². The van der Waals surface area contributed by atoms with Crippen LogP contribution in [0.15, 0.2) is 48.5 Å². The van der Waals surface area contributed by atoms with E-state index in [1.54, 1.807) is 45.0 Å². The number of carbonyl (C=O) groups excluding carboxylic acids is 2. The first-order valence-corrected chi connectivity index (χ1v) is 9.77. The van der Waals surface area contributed by atoms with Crippen LogP contribution in [0.1, 0.15) is 66.5 Å². The number of Topliss-reactive ketones (excluding diaryl/α,β-unsaturated/α-hetero) is 2. The maximum absolute atomic E-state index is 12.6. The fourth-order valence-electron chi connectivity index (χ4n) is 2.96. The molecule has 0 spiro atoms. The van der Waals surface area contributed by atoms with E-state index < -0.39 is 11.2 Å². The van der Waals surface area contributed by atoms with Crippen molar-refractivity contribution < 1.29 is 19.4 Å². The highest BCUT2D eigenvalue weighted by atomic mass is 32.1. The van der Waals surface area contributed by atoms with Crippen molar-refractivity contribution in [3.8, 4) is 0 Å². The van der Waals surface area contributed by atoms with E-state index in [1.807, 2.05) is 24.3 Å². The lowest BCUT2D eigenvalue weighted by molar-refractivity contribution is -0.0103. The second-order valence-electron chi connectivity index (χ2n) is 8.02. The average molecular weight is 401 g/mol. The fraction of sp³-hybridized carbons (Fsp3) is 0.391. The summed E-state index contributed by atoms with van der Waals surface area (Å²) in [6.45, 7) is 8.23. The molecule has 5 heteroatoms. The van der Waals surface area contributed by atoms with Crippen molar-refractivity contribution in [1.82, 2.24) is 0 Å². The van der Waals surface area contributed by atoms with Crippen LogP contribution in [0.25, 0.3) is 0 Å². The molecule has 0 aliphatic carbocycles. The first kappa shape index (κ1) is 22.3. The van der Waals surface area contributed by atoms with Crippen molar-refractivity contribution in [2.45, 2.75) is 57.7 Å². The van der Waals surface area contributed by atoms with Crippen LogP contribution in [-0.2, 0) is 11.2 Å². The molecule has 0 heterocycles. The van der Waals surface area contributed by atoms with Gasteiger partial charge in [-0.25, -0.2) is 0 Å². The van der Waals surface area contributed by atoms with Crippen molar-refractivity contribution >= 4 is 24.2 Å². The Morgan fingerprint density at radius 1 is 0.893 bits per heavy atom. The standard InChI is InChI=1S/C23H28O4S/c1-15(28)27-23(4,5)21(25)19-12-8-17(9-13-19)14-16-6-10-18(11-7-16)20(24)22(2,3)26/h6-13,15,26,28H,14H2,1-5H3. The summed E-state index contributed by atoms with van der Waals surface area (Å²) in [5, 5.41) is 9.83. The van der Waals surface area contributed by atoms with Crippen LogP contribution in [0.4, 0.5) is 0 Å². The molecule has 2 rings (SSSR count). The number of ketones is 2. The minimum atomic E-state index is -1.38. The molecule has 2 aromatic carbocycles. The Balaban J connectivity index is 2.08. The van der Waals surface area contributed by atoms with Crippen molar-refractivity contribution in [3.05, 3.63) is 70.8 Å². The van der Waals surface area contributed by atoms with Crippen LogP contribution in [0.5, 0.6) is 0 Å². The molecule has 0 saturated carbocycles. The van der Waals surface area contributed by atoms with Crippen molar-refractivity contribution in [1.29, 1.82) is 0 Å². The summed E-state index contributed by atoms with van der Waals surface area (Å²) >= 11 is 4.20. The largest absolute Gasteiger partial charge is 0.382 e. The predicted molar refractivity (Wildman–Crippen MR) is 114 cm³/mol. The molecule has 0 radical (unpaired) electrons. The van der Waals surface area contributed by atoms with Gasteiger partial charge in [-0.3, -0.25) is 9.59 Å². The normalized spacial score (nSPS) is 13.2. The van der Waals surface area contributed by atoms with E-state index in [1.165, 1.54) is 13.8 Å². The van der Waals surface area contributed by atoms with Gasteiger partial charge in [0.2, 0.25) is 0 Å². The third kappa shape index (κ3) is 5.77. The Hall–Kier alpha value is -1.95. The average Bonchev–Trinajstić information content (AvgIpc) is 2.60. The molecule has 0 aliphatic rings. The van der Waals surface area contributed by atoms with Crippen molar-refractivity contribution in [3.63, 3.8) is 0 Å². The smallest absolute Gasteiger partial charge is 0.194 e. The van der Waals surface area contributed by atoms with Crippen LogP contribution < -0.4 is 0 Å². The Bertz CT molecular complexity index is 828. The summed E-state index contributed by atoms with van der Waals surface area (Å²) in [6, 6.07) is 14.7. The van der Waals surface area contributed by atoms with E-state index in [9.17, 15) is 14.7 Å². The van der Waals surface area contributed by atoms with Gasteiger partial charge in [-0.05, 0) is 52.2 Å². The minimum absolute atomic E-state index is 0.0885. The third-order valence-corrected chi connectivity index (χ3v) is 4.51. The molecular formula is C23H28O4S. The molecule has 150 valence electrons.